The van der Waals surface area contributed by atoms with Gasteiger partial charge in [0.25, 0.3) is 0 Å². The quantitative estimate of drug-likeness (QED) is 0.325. The van der Waals surface area contributed by atoms with Crippen LogP contribution in [0.5, 0.6) is 23.0 Å². The fourth-order valence-corrected chi connectivity index (χ4v) is 3.54. The standard InChI is InChI=1S/C28H26N2O4/c1-31-25-15-11-19(17-27(25)33-3)9-13-23-24(30-22-8-6-5-7-21(22)29-23)14-10-20-12-16-26(32-2)28(18-20)34-4/h5-18H,1-4H3/b13-9-,14-10-. The zero-order valence-corrected chi connectivity index (χ0v) is 19.6. The van der Waals surface area contributed by atoms with Crippen molar-refractivity contribution in [2.24, 2.45) is 0 Å². The van der Waals surface area contributed by atoms with E-state index >= 15 is 0 Å². The minimum atomic E-state index is 0.669. The first-order valence-corrected chi connectivity index (χ1v) is 10.7. The maximum Gasteiger partial charge on any atom is 0.161 e. The van der Waals surface area contributed by atoms with Gasteiger partial charge in [0.05, 0.1) is 50.9 Å². The van der Waals surface area contributed by atoms with Gasteiger partial charge in [0.15, 0.2) is 23.0 Å². The Bertz CT molecular complexity index is 1260. The second-order valence-corrected chi connectivity index (χ2v) is 7.38. The number of rotatable bonds is 8. The van der Waals surface area contributed by atoms with E-state index < -0.39 is 0 Å². The summed E-state index contributed by atoms with van der Waals surface area (Å²) in [6.45, 7) is 0. The van der Waals surface area contributed by atoms with Crippen molar-refractivity contribution in [1.29, 1.82) is 0 Å². The molecule has 0 fully saturated rings. The second kappa shape index (κ2) is 10.5. The third-order valence-corrected chi connectivity index (χ3v) is 5.31. The van der Waals surface area contributed by atoms with Crippen LogP contribution in [0.25, 0.3) is 35.3 Å². The van der Waals surface area contributed by atoms with Crippen LogP contribution in [0.3, 0.4) is 0 Å². The van der Waals surface area contributed by atoms with E-state index in [2.05, 4.69) is 0 Å². The Labute approximate surface area is 199 Å². The molecule has 0 bridgehead atoms. The third-order valence-electron chi connectivity index (χ3n) is 5.31. The summed E-state index contributed by atoms with van der Waals surface area (Å²) in [5.41, 5.74) is 5.09. The lowest BCUT2D eigenvalue weighted by Crippen LogP contribution is -1.94. The first-order chi connectivity index (χ1) is 16.6. The molecule has 0 radical (unpaired) electrons. The second-order valence-electron chi connectivity index (χ2n) is 7.38. The third kappa shape index (κ3) is 5.02. The predicted octanol–water partition coefficient (Wildman–Crippen LogP) is 6.01. The van der Waals surface area contributed by atoms with Gasteiger partial charge in [-0.05, 0) is 59.7 Å². The first-order valence-electron chi connectivity index (χ1n) is 10.7. The molecule has 0 atom stereocenters. The summed E-state index contributed by atoms with van der Waals surface area (Å²) >= 11 is 0. The summed E-state index contributed by atoms with van der Waals surface area (Å²) in [6, 6.07) is 19.3. The number of fused-ring (bicyclic) bond motifs is 1. The normalized spacial score (nSPS) is 11.3. The average Bonchev–Trinajstić information content (AvgIpc) is 2.89. The number of hydrogen-bond donors (Lipinski definition) is 0. The van der Waals surface area contributed by atoms with Crippen molar-refractivity contribution in [3.05, 3.63) is 83.2 Å². The molecule has 0 unspecified atom stereocenters. The van der Waals surface area contributed by atoms with Gasteiger partial charge in [-0.25, -0.2) is 9.97 Å². The van der Waals surface area contributed by atoms with Crippen LogP contribution < -0.4 is 18.9 Å². The summed E-state index contributed by atoms with van der Waals surface area (Å²) in [5, 5.41) is 0. The van der Waals surface area contributed by atoms with E-state index in [0.29, 0.717) is 23.0 Å². The van der Waals surface area contributed by atoms with Crippen LogP contribution in [-0.2, 0) is 0 Å². The van der Waals surface area contributed by atoms with Gasteiger partial charge in [0.2, 0.25) is 0 Å². The lowest BCUT2D eigenvalue weighted by atomic mass is 10.1. The van der Waals surface area contributed by atoms with E-state index in [-0.39, 0.29) is 0 Å². The Kier molecular flexibility index (Phi) is 7.08. The maximum atomic E-state index is 5.42. The van der Waals surface area contributed by atoms with Crippen LogP contribution in [0.4, 0.5) is 0 Å². The largest absolute Gasteiger partial charge is 0.493 e. The van der Waals surface area contributed by atoms with Crippen LogP contribution in [-0.4, -0.2) is 38.4 Å². The summed E-state index contributed by atoms with van der Waals surface area (Å²) in [7, 11) is 6.48. The topological polar surface area (TPSA) is 62.7 Å². The molecule has 0 saturated heterocycles. The molecule has 6 nitrogen and oxygen atoms in total. The first kappa shape index (κ1) is 22.9. The molecule has 172 valence electrons. The van der Waals surface area contributed by atoms with E-state index in [1.54, 1.807) is 28.4 Å². The molecule has 6 heteroatoms. The van der Waals surface area contributed by atoms with Gasteiger partial charge in [-0.1, -0.05) is 36.4 Å². The fourth-order valence-electron chi connectivity index (χ4n) is 3.54. The molecule has 0 spiro atoms. The van der Waals surface area contributed by atoms with E-state index in [1.807, 2.05) is 85.0 Å². The molecule has 4 rings (SSSR count). The van der Waals surface area contributed by atoms with Gasteiger partial charge < -0.3 is 18.9 Å². The molecule has 0 N–H and O–H groups in total. The zero-order valence-electron chi connectivity index (χ0n) is 19.6. The van der Waals surface area contributed by atoms with Crippen molar-refractivity contribution in [3.8, 4) is 23.0 Å². The van der Waals surface area contributed by atoms with Crippen molar-refractivity contribution in [2.45, 2.75) is 0 Å². The Morgan fingerprint density at radius 3 is 1.29 bits per heavy atom. The molecule has 3 aromatic carbocycles. The Balaban J connectivity index is 1.72. The minimum absolute atomic E-state index is 0.669. The summed E-state index contributed by atoms with van der Waals surface area (Å²) < 4.78 is 21.5. The lowest BCUT2D eigenvalue weighted by molar-refractivity contribution is 0.355. The highest BCUT2D eigenvalue weighted by atomic mass is 16.5. The van der Waals surface area contributed by atoms with Gasteiger partial charge in [-0.3, -0.25) is 0 Å². The van der Waals surface area contributed by atoms with Gasteiger partial charge in [-0.2, -0.15) is 0 Å². The number of nitrogens with zero attached hydrogens (tertiary/aromatic N) is 2. The Morgan fingerprint density at radius 1 is 0.500 bits per heavy atom. The molecule has 0 saturated carbocycles. The number of ether oxygens (including phenoxy) is 4. The van der Waals surface area contributed by atoms with Crippen LogP contribution >= 0.6 is 0 Å². The minimum Gasteiger partial charge on any atom is -0.493 e. The van der Waals surface area contributed by atoms with Crippen molar-refractivity contribution in [1.82, 2.24) is 9.97 Å². The van der Waals surface area contributed by atoms with Gasteiger partial charge in [0, 0.05) is 0 Å². The SMILES string of the molecule is COc1ccc(/C=C\c2nc3ccccc3nc2/C=C\c2ccc(OC)c(OC)c2)cc1OC. The summed E-state index contributed by atoms with van der Waals surface area (Å²) in [6.07, 6.45) is 7.87. The maximum absolute atomic E-state index is 5.42. The van der Waals surface area contributed by atoms with E-state index in [0.717, 1.165) is 33.5 Å². The van der Waals surface area contributed by atoms with Crippen LogP contribution in [0, 0.1) is 0 Å². The zero-order chi connectivity index (χ0) is 23.9. The lowest BCUT2D eigenvalue weighted by Gasteiger charge is -2.08. The van der Waals surface area contributed by atoms with E-state index in [4.69, 9.17) is 28.9 Å². The summed E-state index contributed by atoms with van der Waals surface area (Å²) in [4.78, 5) is 9.68. The molecule has 34 heavy (non-hydrogen) atoms. The molecular weight excluding hydrogens is 428 g/mol. The van der Waals surface area contributed by atoms with Crippen LogP contribution in [0.15, 0.2) is 60.7 Å². The molecule has 0 aliphatic heterocycles. The highest BCUT2D eigenvalue weighted by Gasteiger charge is 2.07. The van der Waals surface area contributed by atoms with Crippen molar-refractivity contribution in [2.75, 3.05) is 28.4 Å². The van der Waals surface area contributed by atoms with Gasteiger partial charge in [0.1, 0.15) is 0 Å². The molecule has 4 aromatic rings. The molecular formula is C28H26N2O4. The smallest absolute Gasteiger partial charge is 0.161 e. The number of para-hydroxylation sites is 2. The highest BCUT2D eigenvalue weighted by molar-refractivity contribution is 5.83. The van der Waals surface area contributed by atoms with E-state index in [1.165, 1.54) is 0 Å². The predicted molar refractivity (Wildman–Crippen MR) is 136 cm³/mol. The average molecular weight is 455 g/mol. The van der Waals surface area contributed by atoms with E-state index in [9.17, 15) is 0 Å². The fraction of sp³-hybridized carbons (Fsp3) is 0.143. The molecule has 0 amide bonds. The van der Waals surface area contributed by atoms with Crippen molar-refractivity contribution in [3.63, 3.8) is 0 Å². The molecule has 0 aliphatic rings. The number of methoxy groups -OCH3 is 4. The van der Waals surface area contributed by atoms with Crippen molar-refractivity contribution < 1.29 is 18.9 Å². The monoisotopic (exact) mass is 454 g/mol. The van der Waals surface area contributed by atoms with Crippen molar-refractivity contribution >= 4 is 35.3 Å². The van der Waals surface area contributed by atoms with Crippen LogP contribution in [0.2, 0.25) is 0 Å². The summed E-state index contributed by atoms with van der Waals surface area (Å²) in [5.74, 6) is 2.71. The molecule has 0 aliphatic carbocycles. The van der Waals surface area contributed by atoms with Gasteiger partial charge in [-0.15, -0.1) is 0 Å². The van der Waals surface area contributed by atoms with Gasteiger partial charge >= 0.3 is 0 Å². The number of aromatic nitrogens is 2. The molecule has 1 heterocycles. The highest BCUT2D eigenvalue weighted by Crippen LogP contribution is 2.30. The number of benzene rings is 3. The molecule has 1 aromatic heterocycles. The number of hydrogen-bond acceptors (Lipinski definition) is 6. The Morgan fingerprint density at radius 2 is 0.912 bits per heavy atom. The Hall–Kier alpha value is -4.32. The van der Waals surface area contributed by atoms with Crippen LogP contribution in [0.1, 0.15) is 22.5 Å².